The fourth-order valence-corrected chi connectivity index (χ4v) is 1.79. The Labute approximate surface area is 78.8 Å². The highest BCUT2D eigenvalue weighted by molar-refractivity contribution is 7.87. The van der Waals surface area contributed by atoms with Crippen LogP contribution >= 0.6 is 0 Å². The molecule has 0 fully saturated rings. The zero-order valence-electron chi connectivity index (χ0n) is 8.03. The summed E-state index contributed by atoms with van der Waals surface area (Å²) in [7, 11) is -2.11. The fraction of sp³-hybridized carbons (Fsp3) is 0.833. The van der Waals surface area contributed by atoms with Gasteiger partial charge >= 0.3 is 0 Å². The summed E-state index contributed by atoms with van der Waals surface area (Å²) in [4.78, 5) is 0. The summed E-state index contributed by atoms with van der Waals surface area (Å²) < 4.78 is 26.0. The molecule has 13 heavy (non-hydrogen) atoms. The molecule has 0 aromatic carbocycles. The van der Waals surface area contributed by atoms with E-state index >= 15 is 0 Å². The number of nitrogens with one attached hydrogen (secondary N) is 2. The van der Waals surface area contributed by atoms with Crippen LogP contribution in [0.25, 0.3) is 0 Å². The van der Waals surface area contributed by atoms with Crippen LogP contribution in [-0.2, 0) is 10.2 Å². The lowest BCUT2D eigenvalue weighted by Gasteiger charge is -2.22. The highest BCUT2D eigenvalue weighted by Gasteiger charge is 2.23. The summed E-state index contributed by atoms with van der Waals surface area (Å²) in [6.07, 6.45) is 0. The van der Waals surface area contributed by atoms with E-state index in [4.69, 9.17) is 11.1 Å². The lowest BCUT2D eigenvalue weighted by atomic mass is 10.3. The maximum Gasteiger partial charge on any atom is 0.279 e. The molecule has 0 radical (unpaired) electrons. The van der Waals surface area contributed by atoms with Crippen molar-refractivity contribution in [3.05, 3.63) is 0 Å². The van der Waals surface area contributed by atoms with Crippen LogP contribution in [0.5, 0.6) is 0 Å². The Hall–Kier alpha value is -0.660. The molecule has 0 aliphatic heterocycles. The molecule has 7 heteroatoms. The highest BCUT2D eigenvalue weighted by Crippen LogP contribution is 2.00. The van der Waals surface area contributed by atoms with Gasteiger partial charge in [0.05, 0.1) is 6.04 Å². The number of nitrogens with two attached hydrogens (primary N) is 1. The molecule has 0 bridgehead atoms. The Morgan fingerprint density at radius 1 is 1.69 bits per heavy atom. The molecule has 1 atom stereocenters. The number of likely N-dealkylation sites (N-methyl/N-ethyl adjacent to an activating group) is 1. The average Bonchev–Trinajstić information content (AvgIpc) is 2.01. The van der Waals surface area contributed by atoms with Crippen molar-refractivity contribution in [1.29, 1.82) is 5.41 Å². The SMILES string of the molecule is CCNS(=O)(=O)N(C)C(C)C(=N)N. The Kier molecular flexibility index (Phi) is 4.31. The molecular formula is C6H16N4O2S. The van der Waals surface area contributed by atoms with Crippen LogP contribution < -0.4 is 10.5 Å². The molecule has 0 saturated carbocycles. The van der Waals surface area contributed by atoms with Gasteiger partial charge in [0.15, 0.2) is 0 Å². The van der Waals surface area contributed by atoms with Gasteiger partial charge in [0.1, 0.15) is 5.84 Å². The van der Waals surface area contributed by atoms with Crippen LogP contribution in [-0.4, -0.2) is 38.2 Å². The predicted molar refractivity (Wildman–Crippen MR) is 51.7 cm³/mol. The number of rotatable bonds is 5. The van der Waals surface area contributed by atoms with E-state index in [1.807, 2.05) is 0 Å². The average molecular weight is 208 g/mol. The molecule has 78 valence electrons. The predicted octanol–water partition coefficient (Wildman–Crippen LogP) is -0.903. The van der Waals surface area contributed by atoms with Crippen molar-refractivity contribution in [1.82, 2.24) is 9.03 Å². The number of nitrogens with zero attached hydrogens (tertiary/aromatic N) is 1. The van der Waals surface area contributed by atoms with E-state index in [-0.39, 0.29) is 5.84 Å². The highest BCUT2D eigenvalue weighted by atomic mass is 32.2. The quantitative estimate of drug-likeness (QED) is 0.403. The van der Waals surface area contributed by atoms with Crippen LogP contribution in [0.4, 0.5) is 0 Å². The summed E-state index contributed by atoms with van der Waals surface area (Å²) in [5, 5.41) is 7.09. The topological polar surface area (TPSA) is 99.3 Å². The smallest absolute Gasteiger partial charge is 0.279 e. The fourth-order valence-electron chi connectivity index (χ4n) is 0.688. The van der Waals surface area contributed by atoms with Crippen LogP contribution in [0.1, 0.15) is 13.8 Å². The van der Waals surface area contributed by atoms with Gasteiger partial charge in [-0.2, -0.15) is 12.7 Å². The molecule has 0 spiro atoms. The second-order valence-corrected chi connectivity index (χ2v) is 4.47. The minimum atomic E-state index is -3.49. The van der Waals surface area contributed by atoms with Gasteiger partial charge < -0.3 is 5.73 Å². The molecule has 0 heterocycles. The van der Waals surface area contributed by atoms with Gasteiger partial charge in [0.25, 0.3) is 10.2 Å². The van der Waals surface area contributed by atoms with Gasteiger partial charge in [-0.25, -0.2) is 4.72 Å². The molecule has 4 N–H and O–H groups in total. The second-order valence-electron chi connectivity index (χ2n) is 2.65. The Morgan fingerprint density at radius 3 is 2.46 bits per heavy atom. The van der Waals surface area contributed by atoms with E-state index < -0.39 is 16.3 Å². The van der Waals surface area contributed by atoms with Gasteiger partial charge in [0, 0.05) is 13.6 Å². The van der Waals surface area contributed by atoms with Gasteiger partial charge in [-0.1, -0.05) is 6.92 Å². The number of hydrogen-bond donors (Lipinski definition) is 3. The summed E-state index contributed by atoms with van der Waals surface area (Å²) >= 11 is 0. The van der Waals surface area contributed by atoms with E-state index in [1.165, 1.54) is 7.05 Å². The Balaban J connectivity index is 4.59. The number of hydrogen-bond acceptors (Lipinski definition) is 3. The van der Waals surface area contributed by atoms with Gasteiger partial charge in [-0.15, -0.1) is 0 Å². The Bertz CT molecular complexity index is 274. The third-order valence-electron chi connectivity index (χ3n) is 1.70. The van der Waals surface area contributed by atoms with Crippen LogP contribution in [0.3, 0.4) is 0 Å². The van der Waals surface area contributed by atoms with Crippen LogP contribution in [0.15, 0.2) is 0 Å². The van der Waals surface area contributed by atoms with E-state index in [2.05, 4.69) is 4.72 Å². The van der Waals surface area contributed by atoms with E-state index in [0.717, 1.165) is 4.31 Å². The summed E-state index contributed by atoms with van der Waals surface area (Å²) in [6.45, 7) is 3.55. The molecule has 0 aromatic heterocycles. The lowest BCUT2D eigenvalue weighted by molar-refractivity contribution is 0.439. The Morgan fingerprint density at radius 2 is 2.15 bits per heavy atom. The molecule has 1 unspecified atom stereocenters. The first-order valence-corrected chi connectivity index (χ1v) is 5.33. The summed E-state index contributed by atoms with van der Waals surface area (Å²) in [5.74, 6) is -0.177. The first kappa shape index (κ1) is 12.3. The molecule has 6 nitrogen and oxygen atoms in total. The van der Waals surface area contributed by atoms with E-state index in [9.17, 15) is 8.42 Å². The molecule has 0 saturated heterocycles. The molecule has 0 aliphatic rings. The molecule has 0 aliphatic carbocycles. The third-order valence-corrected chi connectivity index (χ3v) is 3.43. The van der Waals surface area contributed by atoms with E-state index in [1.54, 1.807) is 13.8 Å². The normalized spacial score (nSPS) is 14.5. The van der Waals surface area contributed by atoms with E-state index in [0.29, 0.717) is 6.54 Å². The van der Waals surface area contributed by atoms with Crippen molar-refractivity contribution >= 4 is 16.0 Å². The minimum absolute atomic E-state index is 0.177. The summed E-state index contributed by atoms with van der Waals surface area (Å²) in [5.41, 5.74) is 5.18. The van der Waals surface area contributed by atoms with Crippen LogP contribution in [0.2, 0.25) is 0 Å². The van der Waals surface area contributed by atoms with Crippen molar-refractivity contribution in [3.63, 3.8) is 0 Å². The molecule has 0 aromatic rings. The molecular weight excluding hydrogens is 192 g/mol. The maximum atomic E-state index is 11.3. The largest absolute Gasteiger partial charge is 0.386 e. The maximum absolute atomic E-state index is 11.3. The monoisotopic (exact) mass is 208 g/mol. The standard InChI is InChI=1S/C6H16N4O2S/c1-4-9-13(11,12)10(3)5(2)6(7)8/h5,9H,4H2,1-3H3,(H3,7,8). The zero-order valence-corrected chi connectivity index (χ0v) is 8.85. The van der Waals surface area contributed by atoms with Gasteiger partial charge in [-0.05, 0) is 6.92 Å². The first-order chi connectivity index (χ1) is 5.83. The second kappa shape index (κ2) is 4.54. The summed E-state index contributed by atoms with van der Waals surface area (Å²) in [6, 6.07) is -0.621. The third kappa shape index (κ3) is 3.29. The van der Waals surface area contributed by atoms with Crippen molar-refractivity contribution in [2.75, 3.05) is 13.6 Å². The first-order valence-electron chi connectivity index (χ1n) is 3.89. The number of amidine groups is 1. The van der Waals surface area contributed by atoms with Crippen molar-refractivity contribution < 1.29 is 8.42 Å². The lowest BCUT2D eigenvalue weighted by Crippen LogP contribution is -2.48. The zero-order chi connectivity index (χ0) is 10.6. The van der Waals surface area contributed by atoms with Gasteiger partial charge in [0.2, 0.25) is 0 Å². The van der Waals surface area contributed by atoms with Crippen molar-refractivity contribution in [3.8, 4) is 0 Å². The minimum Gasteiger partial charge on any atom is -0.386 e. The van der Waals surface area contributed by atoms with Crippen molar-refractivity contribution in [2.45, 2.75) is 19.9 Å². The molecule has 0 rings (SSSR count). The molecule has 0 amide bonds. The van der Waals surface area contributed by atoms with Crippen LogP contribution in [0, 0.1) is 5.41 Å². The van der Waals surface area contributed by atoms with Gasteiger partial charge in [-0.3, -0.25) is 5.41 Å². The van der Waals surface area contributed by atoms with Crippen molar-refractivity contribution in [2.24, 2.45) is 5.73 Å².